The zero-order valence-electron chi connectivity index (χ0n) is 28.7. The quantitative estimate of drug-likeness (QED) is 0.120. The van der Waals surface area contributed by atoms with E-state index in [1.54, 1.807) is 11.1 Å². The Morgan fingerprint density at radius 2 is 1.25 bits per heavy atom. The van der Waals surface area contributed by atoms with Crippen molar-refractivity contribution in [3.8, 4) is 33.6 Å². The van der Waals surface area contributed by atoms with Gasteiger partial charge in [0.05, 0.1) is 29.8 Å². The highest BCUT2D eigenvalue weighted by Gasteiger charge is 2.54. The predicted octanol–water partition coefficient (Wildman–Crippen LogP) is 8.63. The highest BCUT2D eigenvalue weighted by molar-refractivity contribution is 5.72. The maximum absolute atomic E-state index is 12.9. The third-order valence-corrected chi connectivity index (χ3v) is 10.9. The lowest BCUT2D eigenvalue weighted by atomic mass is 9.76. The van der Waals surface area contributed by atoms with Gasteiger partial charge in [-0.25, -0.2) is 19.6 Å². The Morgan fingerprint density at radius 3 is 1.87 bits per heavy atom. The van der Waals surface area contributed by atoms with Crippen molar-refractivity contribution in [2.24, 2.45) is 5.92 Å². The van der Waals surface area contributed by atoms with Gasteiger partial charge >= 0.3 is 12.2 Å². The Hall–Kier alpha value is -6.16. The van der Waals surface area contributed by atoms with Gasteiger partial charge in [0, 0.05) is 19.5 Å². The summed E-state index contributed by atoms with van der Waals surface area (Å²) in [4.78, 5) is 43.9. The third-order valence-electron chi connectivity index (χ3n) is 10.9. The van der Waals surface area contributed by atoms with Gasteiger partial charge in [-0.3, -0.25) is 9.80 Å². The lowest BCUT2D eigenvalue weighted by Crippen LogP contribution is -2.50. The van der Waals surface area contributed by atoms with E-state index in [1.807, 2.05) is 54.7 Å². The van der Waals surface area contributed by atoms with E-state index in [9.17, 15) is 19.8 Å². The summed E-state index contributed by atoms with van der Waals surface area (Å²) in [6.45, 7) is 0.965. The zero-order valence-corrected chi connectivity index (χ0v) is 28.7. The van der Waals surface area contributed by atoms with Gasteiger partial charge in [-0.2, -0.15) is 0 Å². The number of carboxylic acid groups (broad SMARTS) is 2. The molecule has 4 heterocycles. The smallest absolute Gasteiger partial charge is 0.408 e. The molecule has 0 aliphatic carbocycles. The molecule has 262 valence electrons. The SMILES string of the molecule is O=C(O)N1CCC[C@H]1c1ncc(-c2ccc(-c3ccc(-c4cnc([C@]5(Cc6ccccc6)C(Cc6ccccc6)CCN5C(=O)O)[nH]4)cc3)cc2)[nH]1. The highest BCUT2D eigenvalue weighted by Crippen LogP contribution is 2.47. The second-order valence-corrected chi connectivity index (χ2v) is 13.8. The summed E-state index contributed by atoms with van der Waals surface area (Å²) >= 11 is 0. The average Bonchev–Trinajstić information content (AvgIpc) is 4.00. The Kier molecular flexibility index (Phi) is 8.80. The van der Waals surface area contributed by atoms with Gasteiger partial charge in [0.1, 0.15) is 17.2 Å². The Balaban J connectivity index is 1.05. The Morgan fingerprint density at radius 1 is 0.673 bits per heavy atom. The lowest BCUT2D eigenvalue weighted by Gasteiger charge is -2.40. The molecule has 2 amide bonds. The molecular weight excluding hydrogens is 653 g/mol. The van der Waals surface area contributed by atoms with Gasteiger partial charge in [0.2, 0.25) is 0 Å². The van der Waals surface area contributed by atoms with Crippen LogP contribution in [0.1, 0.15) is 48.1 Å². The standard InChI is InChI=1S/C42H40N6O4/c49-40(50)47-22-7-12-37(47)38-43-26-35(45-38)32-17-13-30(14-18-32)31-15-19-33(20-16-31)36-27-44-39(46-36)42(25-29-10-5-2-6-11-29)34(21-23-48(42)41(51)52)24-28-8-3-1-4-9-28/h1-6,8-11,13-20,26-27,34,37H,7,12,21-25H2,(H,43,45)(H,44,46)(H,49,50)(H,51,52)/t34?,37-,42-/m0/s1. The Labute approximate surface area is 301 Å². The minimum absolute atomic E-state index is 0.0195. The number of likely N-dealkylation sites (tertiary alicyclic amines) is 2. The molecule has 2 aromatic heterocycles. The summed E-state index contributed by atoms with van der Waals surface area (Å²) in [6.07, 6.45) is 5.33. The number of H-pyrrole nitrogens is 2. The number of aromatic nitrogens is 4. The van der Waals surface area contributed by atoms with Crippen LogP contribution in [0.5, 0.6) is 0 Å². The fourth-order valence-electron chi connectivity index (χ4n) is 8.24. The number of imidazole rings is 2. The van der Waals surface area contributed by atoms with Gasteiger partial charge in [0.25, 0.3) is 0 Å². The van der Waals surface area contributed by atoms with Crippen molar-refractivity contribution in [2.75, 3.05) is 13.1 Å². The number of amides is 2. The maximum atomic E-state index is 12.9. The van der Waals surface area contributed by atoms with E-state index in [2.05, 4.69) is 75.6 Å². The predicted molar refractivity (Wildman–Crippen MR) is 199 cm³/mol. The molecule has 0 bridgehead atoms. The molecule has 10 nitrogen and oxygen atoms in total. The number of hydrogen-bond donors (Lipinski definition) is 4. The monoisotopic (exact) mass is 692 g/mol. The molecular formula is C42H40N6O4. The first-order chi connectivity index (χ1) is 25.4. The van der Waals surface area contributed by atoms with E-state index in [0.29, 0.717) is 31.2 Å². The van der Waals surface area contributed by atoms with E-state index >= 15 is 0 Å². The largest absolute Gasteiger partial charge is 0.465 e. The second kappa shape index (κ2) is 13.9. The first kappa shape index (κ1) is 33.0. The van der Waals surface area contributed by atoms with Crippen LogP contribution in [0.4, 0.5) is 9.59 Å². The molecule has 52 heavy (non-hydrogen) atoms. The number of aromatic amines is 2. The molecule has 3 atom stereocenters. The normalized spacial score (nSPS) is 20.0. The van der Waals surface area contributed by atoms with Crippen molar-refractivity contribution in [3.63, 3.8) is 0 Å². The molecule has 0 spiro atoms. The maximum Gasteiger partial charge on any atom is 0.408 e. The number of rotatable bonds is 9. The van der Waals surface area contributed by atoms with Gasteiger partial charge in [-0.05, 0) is 65.0 Å². The summed E-state index contributed by atoms with van der Waals surface area (Å²) in [7, 11) is 0. The molecule has 2 fully saturated rings. The van der Waals surface area contributed by atoms with E-state index in [0.717, 1.165) is 64.9 Å². The number of benzene rings is 4. The minimum atomic E-state index is -0.938. The highest BCUT2D eigenvalue weighted by atomic mass is 16.4. The molecule has 4 N–H and O–H groups in total. The zero-order chi connectivity index (χ0) is 35.7. The van der Waals surface area contributed by atoms with Crippen LogP contribution in [0.25, 0.3) is 33.6 Å². The number of nitrogens with zero attached hydrogens (tertiary/aromatic N) is 4. The Bertz CT molecular complexity index is 2160. The fourth-order valence-corrected chi connectivity index (χ4v) is 8.24. The molecule has 2 aliphatic rings. The van der Waals surface area contributed by atoms with Gasteiger partial charge in [-0.1, -0.05) is 109 Å². The van der Waals surface area contributed by atoms with Crippen molar-refractivity contribution in [1.82, 2.24) is 29.7 Å². The van der Waals surface area contributed by atoms with Crippen LogP contribution in [-0.2, 0) is 18.4 Å². The third kappa shape index (κ3) is 6.21. The molecule has 2 saturated heterocycles. The first-order valence-corrected chi connectivity index (χ1v) is 17.8. The summed E-state index contributed by atoms with van der Waals surface area (Å²) in [5.41, 5.74) is 7.10. The van der Waals surface area contributed by atoms with E-state index < -0.39 is 17.7 Å². The number of nitrogens with one attached hydrogen (secondary N) is 2. The van der Waals surface area contributed by atoms with Crippen LogP contribution in [0.3, 0.4) is 0 Å². The number of carbonyl (C=O) groups is 2. The van der Waals surface area contributed by atoms with E-state index in [-0.39, 0.29) is 12.0 Å². The lowest BCUT2D eigenvalue weighted by molar-refractivity contribution is 0.0753. The van der Waals surface area contributed by atoms with E-state index in [1.165, 1.54) is 10.5 Å². The van der Waals surface area contributed by atoms with Crippen molar-refractivity contribution in [3.05, 3.63) is 144 Å². The molecule has 0 saturated carbocycles. The fraction of sp³-hybridized carbons (Fsp3) is 0.238. The number of hydrogen-bond acceptors (Lipinski definition) is 4. The minimum Gasteiger partial charge on any atom is -0.465 e. The summed E-state index contributed by atoms with van der Waals surface area (Å²) < 4.78 is 0. The summed E-state index contributed by atoms with van der Waals surface area (Å²) in [5, 5.41) is 20.1. The second-order valence-electron chi connectivity index (χ2n) is 13.8. The first-order valence-electron chi connectivity index (χ1n) is 17.8. The van der Waals surface area contributed by atoms with Crippen LogP contribution >= 0.6 is 0 Å². The van der Waals surface area contributed by atoms with Crippen LogP contribution in [0, 0.1) is 5.92 Å². The molecule has 1 unspecified atom stereocenters. The van der Waals surface area contributed by atoms with E-state index in [4.69, 9.17) is 4.98 Å². The van der Waals surface area contributed by atoms with Gasteiger partial charge in [0.15, 0.2) is 0 Å². The molecule has 0 radical (unpaired) electrons. The molecule has 4 aromatic carbocycles. The summed E-state index contributed by atoms with van der Waals surface area (Å²) in [6, 6.07) is 36.7. The van der Waals surface area contributed by atoms with Crippen LogP contribution in [-0.4, -0.2) is 65.2 Å². The molecule has 8 rings (SSSR count). The molecule has 6 aromatic rings. The van der Waals surface area contributed by atoms with Crippen molar-refractivity contribution in [1.29, 1.82) is 0 Å². The van der Waals surface area contributed by atoms with Crippen LogP contribution in [0.2, 0.25) is 0 Å². The van der Waals surface area contributed by atoms with Crippen molar-refractivity contribution < 1.29 is 19.8 Å². The molecule has 2 aliphatic heterocycles. The van der Waals surface area contributed by atoms with Crippen molar-refractivity contribution >= 4 is 12.2 Å². The van der Waals surface area contributed by atoms with Crippen LogP contribution in [0.15, 0.2) is 122 Å². The van der Waals surface area contributed by atoms with Crippen LogP contribution < -0.4 is 0 Å². The van der Waals surface area contributed by atoms with Crippen molar-refractivity contribution in [2.45, 2.75) is 43.7 Å². The summed E-state index contributed by atoms with van der Waals surface area (Å²) in [5.74, 6) is 1.36. The van der Waals surface area contributed by atoms with Gasteiger partial charge in [-0.15, -0.1) is 0 Å². The molecule has 10 heteroatoms. The van der Waals surface area contributed by atoms with Gasteiger partial charge < -0.3 is 20.2 Å². The topological polar surface area (TPSA) is 138 Å². The average molecular weight is 693 g/mol.